The van der Waals surface area contributed by atoms with Gasteiger partial charge in [0.2, 0.25) is 5.91 Å². The number of carbonyl (C=O) groups is 2. The first-order valence-corrected chi connectivity index (χ1v) is 8.80. The molecule has 1 aromatic carbocycles. The summed E-state index contributed by atoms with van der Waals surface area (Å²) in [6.45, 7) is 7.73. The summed E-state index contributed by atoms with van der Waals surface area (Å²) in [4.78, 5) is 23.7. The third kappa shape index (κ3) is 6.18. The molecule has 0 aliphatic heterocycles. The molecular weight excluding hydrogens is 348 g/mol. The quantitative estimate of drug-likeness (QED) is 0.731. The monoisotopic (exact) mass is 374 g/mol. The van der Waals surface area contributed by atoms with Crippen molar-refractivity contribution in [2.24, 2.45) is 0 Å². The lowest BCUT2D eigenvalue weighted by molar-refractivity contribution is -0.142. The van der Waals surface area contributed by atoms with E-state index >= 15 is 0 Å². The van der Waals surface area contributed by atoms with Gasteiger partial charge in [-0.15, -0.1) is 5.10 Å². The summed E-state index contributed by atoms with van der Waals surface area (Å²) < 4.78 is 7.19. The molecule has 0 bridgehead atoms. The minimum atomic E-state index is -1.09. The Bertz CT molecular complexity index is 781. The minimum absolute atomic E-state index is 0.0391. The van der Waals surface area contributed by atoms with Crippen LogP contribution in [0.4, 0.5) is 0 Å². The first kappa shape index (κ1) is 20.6. The lowest BCUT2D eigenvalue weighted by atomic mass is 10.1. The standard InChI is InChI=1S/C19H26N4O4/c1-13-16(21-22-23(13)14-8-6-5-7-9-14)12-17(24)20-15(18(25)26)10-11-27-19(2,3)4/h5-9,15H,10-12H2,1-4H3,(H,20,24)(H,25,26). The predicted molar refractivity (Wildman–Crippen MR) is 99.7 cm³/mol. The molecule has 2 rings (SSSR count). The van der Waals surface area contributed by atoms with Crippen LogP contribution in [0.5, 0.6) is 0 Å². The number of ether oxygens (including phenoxy) is 1. The molecule has 0 saturated heterocycles. The fraction of sp³-hybridized carbons (Fsp3) is 0.474. The molecular formula is C19H26N4O4. The molecule has 0 fully saturated rings. The van der Waals surface area contributed by atoms with Gasteiger partial charge in [-0.2, -0.15) is 0 Å². The van der Waals surface area contributed by atoms with Crippen molar-refractivity contribution in [2.75, 3.05) is 6.61 Å². The molecule has 27 heavy (non-hydrogen) atoms. The number of hydrogen-bond donors (Lipinski definition) is 2. The molecule has 0 aliphatic rings. The molecule has 8 heteroatoms. The summed E-state index contributed by atoms with van der Waals surface area (Å²) in [6, 6.07) is 8.45. The normalized spacial score (nSPS) is 12.6. The van der Waals surface area contributed by atoms with Crippen molar-refractivity contribution in [2.45, 2.75) is 52.2 Å². The number of benzene rings is 1. The van der Waals surface area contributed by atoms with E-state index < -0.39 is 17.9 Å². The van der Waals surface area contributed by atoms with Crippen molar-refractivity contribution in [3.63, 3.8) is 0 Å². The van der Waals surface area contributed by atoms with Crippen LogP contribution < -0.4 is 5.32 Å². The van der Waals surface area contributed by atoms with Crippen LogP contribution in [0.3, 0.4) is 0 Å². The zero-order chi connectivity index (χ0) is 20.0. The second kappa shape index (κ2) is 8.77. The highest BCUT2D eigenvalue weighted by atomic mass is 16.5. The zero-order valence-corrected chi connectivity index (χ0v) is 16.1. The molecule has 0 radical (unpaired) electrons. The van der Waals surface area contributed by atoms with Crippen LogP contribution in [-0.4, -0.2) is 50.2 Å². The van der Waals surface area contributed by atoms with Crippen LogP contribution >= 0.6 is 0 Å². The lowest BCUT2D eigenvalue weighted by Gasteiger charge is -2.21. The molecule has 146 valence electrons. The Balaban J connectivity index is 1.98. The van der Waals surface area contributed by atoms with E-state index in [4.69, 9.17) is 4.74 Å². The summed E-state index contributed by atoms with van der Waals surface area (Å²) in [5, 5.41) is 20.0. The third-order valence-electron chi connectivity index (χ3n) is 3.89. The smallest absolute Gasteiger partial charge is 0.326 e. The Morgan fingerprint density at radius 2 is 1.93 bits per heavy atom. The zero-order valence-electron chi connectivity index (χ0n) is 16.1. The van der Waals surface area contributed by atoms with Gasteiger partial charge < -0.3 is 15.2 Å². The lowest BCUT2D eigenvalue weighted by Crippen LogP contribution is -2.42. The Labute approximate surface area is 158 Å². The number of rotatable bonds is 8. The molecule has 1 heterocycles. The van der Waals surface area contributed by atoms with E-state index in [9.17, 15) is 14.7 Å². The second-order valence-corrected chi connectivity index (χ2v) is 7.25. The maximum absolute atomic E-state index is 12.3. The van der Waals surface area contributed by atoms with Gasteiger partial charge in [0, 0.05) is 13.0 Å². The number of amides is 1. The van der Waals surface area contributed by atoms with Gasteiger partial charge in [-0.1, -0.05) is 23.4 Å². The molecule has 1 aromatic heterocycles. The van der Waals surface area contributed by atoms with Crippen LogP contribution in [0.25, 0.3) is 5.69 Å². The molecule has 1 amide bonds. The average Bonchev–Trinajstić information content (AvgIpc) is 2.94. The maximum Gasteiger partial charge on any atom is 0.326 e. The number of carbonyl (C=O) groups excluding carboxylic acids is 1. The summed E-state index contributed by atoms with van der Waals surface area (Å²) in [5.74, 6) is -1.51. The number of aromatic nitrogens is 3. The number of carboxylic acids is 1. The van der Waals surface area contributed by atoms with E-state index in [1.54, 1.807) is 4.68 Å². The van der Waals surface area contributed by atoms with Crippen LogP contribution in [-0.2, 0) is 20.7 Å². The molecule has 1 atom stereocenters. The van der Waals surface area contributed by atoms with Gasteiger partial charge in [-0.25, -0.2) is 9.48 Å². The number of para-hydroxylation sites is 1. The van der Waals surface area contributed by atoms with Crippen molar-refractivity contribution in [1.29, 1.82) is 0 Å². The first-order valence-electron chi connectivity index (χ1n) is 8.80. The van der Waals surface area contributed by atoms with Gasteiger partial charge in [0.05, 0.1) is 29.1 Å². The van der Waals surface area contributed by atoms with Crippen LogP contribution in [0.2, 0.25) is 0 Å². The van der Waals surface area contributed by atoms with Gasteiger partial charge >= 0.3 is 5.97 Å². The van der Waals surface area contributed by atoms with E-state index in [-0.39, 0.29) is 25.0 Å². The Morgan fingerprint density at radius 1 is 1.26 bits per heavy atom. The van der Waals surface area contributed by atoms with Crippen LogP contribution in [0.1, 0.15) is 38.6 Å². The van der Waals surface area contributed by atoms with Crippen LogP contribution in [0, 0.1) is 6.92 Å². The van der Waals surface area contributed by atoms with Crippen molar-refractivity contribution in [3.05, 3.63) is 41.7 Å². The molecule has 8 nitrogen and oxygen atoms in total. The average molecular weight is 374 g/mol. The number of hydrogen-bond acceptors (Lipinski definition) is 5. The van der Waals surface area contributed by atoms with Crippen LogP contribution in [0.15, 0.2) is 30.3 Å². The van der Waals surface area contributed by atoms with Crippen molar-refractivity contribution in [1.82, 2.24) is 20.3 Å². The van der Waals surface area contributed by atoms with Crippen molar-refractivity contribution < 1.29 is 19.4 Å². The molecule has 0 saturated carbocycles. The van der Waals surface area contributed by atoms with E-state index in [1.807, 2.05) is 58.0 Å². The Kier molecular flexibility index (Phi) is 6.68. The molecule has 2 aromatic rings. The molecule has 2 N–H and O–H groups in total. The highest BCUT2D eigenvalue weighted by molar-refractivity contribution is 5.84. The van der Waals surface area contributed by atoms with Crippen molar-refractivity contribution in [3.8, 4) is 5.69 Å². The van der Waals surface area contributed by atoms with E-state index in [2.05, 4.69) is 15.6 Å². The van der Waals surface area contributed by atoms with Crippen molar-refractivity contribution >= 4 is 11.9 Å². The summed E-state index contributed by atoms with van der Waals surface area (Å²) >= 11 is 0. The summed E-state index contributed by atoms with van der Waals surface area (Å²) in [5.41, 5.74) is 1.72. The summed E-state index contributed by atoms with van der Waals surface area (Å²) in [7, 11) is 0. The highest BCUT2D eigenvalue weighted by Crippen LogP contribution is 2.12. The SMILES string of the molecule is Cc1c(CC(=O)NC(CCOC(C)(C)C)C(=O)O)nnn1-c1ccccc1. The topological polar surface area (TPSA) is 106 Å². The van der Waals surface area contributed by atoms with Gasteiger partial charge in [0.25, 0.3) is 0 Å². The maximum atomic E-state index is 12.3. The van der Waals surface area contributed by atoms with Gasteiger partial charge in [-0.05, 0) is 39.8 Å². The Morgan fingerprint density at radius 3 is 2.52 bits per heavy atom. The third-order valence-corrected chi connectivity index (χ3v) is 3.89. The number of aliphatic carboxylic acids is 1. The van der Waals surface area contributed by atoms with Gasteiger partial charge in [0.1, 0.15) is 6.04 Å². The van der Waals surface area contributed by atoms with E-state index in [0.29, 0.717) is 5.69 Å². The number of nitrogens with one attached hydrogen (secondary N) is 1. The number of nitrogens with zero attached hydrogens (tertiary/aromatic N) is 3. The fourth-order valence-corrected chi connectivity index (χ4v) is 2.48. The highest BCUT2D eigenvalue weighted by Gasteiger charge is 2.22. The number of carboxylic acid groups (broad SMARTS) is 1. The first-order chi connectivity index (χ1) is 12.7. The van der Waals surface area contributed by atoms with E-state index in [1.165, 1.54) is 0 Å². The minimum Gasteiger partial charge on any atom is -0.480 e. The summed E-state index contributed by atoms with van der Waals surface area (Å²) in [6.07, 6.45) is 0.149. The van der Waals surface area contributed by atoms with E-state index in [0.717, 1.165) is 11.4 Å². The fourth-order valence-electron chi connectivity index (χ4n) is 2.48. The Hall–Kier alpha value is -2.74. The second-order valence-electron chi connectivity index (χ2n) is 7.25. The molecule has 0 aliphatic carbocycles. The molecule has 1 unspecified atom stereocenters. The predicted octanol–water partition coefficient (Wildman–Crippen LogP) is 1.89. The molecule has 0 spiro atoms. The van der Waals surface area contributed by atoms with Gasteiger partial charge in [-0.3, -0.25) is 4.79 Å². The van der Waals surface area contributed by atoms with Gasteiger partial charge in [0.15, 0.2) is 0 Å². The largest absolute Gasteiger partial charge is 0.480 e.